The molecule has 0 radical (unpaired) electrons. The van der Waals surface area contributed by atoms with Gasteiger partial charge in [-0.1, -0.05) is 50.0 Å². The number of Topliss-reactive ketones (excluding diaryl/α,β-unsaturated/α-hetero) is 1. The van der Waals surface area contributed by atoms with Gasteiger partial charge in [0.05, 0.1) is 27.8 Å². The van der Waals surface area contributed by atoms with Gasteiger partial charge in [0.25, 0.3) is 0 Å². The molecular weight excluding hydrogens is 425 g/mol. The summed E-state index contributed by atoms with van der Waals surface area (Å²) in [5.74, 6) is -0.387. The number of rotatable bonds is 6. The van der Waals surface area contributed by atoms with Gasteiger partial charge in [-0.2, -0.15) is 5.26 Å². The third-order valence-electron chi connectivity index (χ3n) is 3.98. The SMILES string of the molecule is CCOc1cc(/C=C(\C#N)C(=O)C(C)(C)C)ccc1OC(=O)c1ccc(Cl)c(Cl)c1. The van der Waals surface area contributed by atoms with Crippen molar-refractivity contribution in [2.45, 2.75) is 27.7 Å². The van der Waals surface area contributed by atoms with Crippen LogP contribution in [-0.2, 0) is 4.79 Å². The highest BCUT2D eigenvalue weighted by Crippen LogP contribution is 2.31. The molecule has 0 saturated carbocycles. The molecule has 0 bridgehead atoms. The molecule has 156 valence electrons. The van der Waals surface area contributed by atoms with Gasteiger partial charge in [0.2, 0.25) is 0 Å². The van der Waals surface area contributed by atoms with Gasteiger partial charge in [0.15, 0.2) is 17.3 Å². The molecule has 0 atom stereocenters. The van der Waals surface area contributed by atoms with Gasteiger partial charge in [-0.15, -0.1) is 0 Å². The van der Waals surface area contributed by atoms with E-state index in [9.17, 15) is 14.9 Å². The predicted octanol–water partition coefficient (Wildman–Crippen LogP) is 6.13. The van der Waals surface area contributed by atoms with Crippen molar-refractivity contribution in [3.05, 3.63) is 63.1 Å². The normalized spacial score (nSPS) is 11.6. The number of esters is 1. The van der Waals surface area contributed by atoms with Crippen LogP contribution in [0.5, 0.6) is 11.5 Å². The quantitative estimate of drug-likeness (QED) is 0.231. The summed E-state index contributed by atoms with van der Waals surface area (Å²) < 4.78 is 11.0. The van der Waals surface area contributed by atoms with Crippen molar-refractivity contribution in [1.29, 1.82) is 5.26 Å². The average molecular weight is 446 g/mol. The topological polar surface area (TPSA) is 76.4 Å². The minimum Gasteiger partial charge on any atom is -0.490 e. The van der Waals surface area contributed by atoms with Gasteiger partial charge >= 0.3 is 5.97 Å². The summed E-state index contributed by atoms with van der Waals surface area (Å²) in [7, 11) is 0. The van der Waals surface area contributed by atoms with E-state index in [1.165, 1.54) is 24.3 Å². The number of halogens is 2. The minimum atomic E-state index is -0.681. The van der Waals surface area contributed by atoms with Gasteiger partial charge in [0.1, 0.15) is 6.07 Å². The third-order valence-corrected chi connectivity index (χ3v) is 4.72. The van der Waals surface area contributed by atoms with Crippen LogP contribution in [0.4, 0.5) is 0 Å². The minimum absolute atomic E-state index is 0.0329. The number of hydrogen-bond donors (Lipinski definition) is 0. The third kappa shape index (κ3) is 5.85. The van der Waals surface area contributed by atoms with Gasteiger partial charge in [-0.05, 0) is 48.9 Å². The monoisotopic (exact) mass is 445 g/mol. The molecule has 0 heterocycles. The number of nitriles is 1. The van der Waals surface area contributed by atoms with Gasteiger partial charge in [-0.3, -0.25) is 4.79 Å². The second kappa shape index (κ2) is 9.80. The van der Waals surface area contributed by atoms with Crippen LogP contribution in [0.15, 0.2) is 42.0 Å². The van der Waals surface area contributed by atoms with Crippen LogP contribution >= 0.6 is 23.2 Å². The van der Waals surface area contributed by atoms with Crippen molar-refractivity contribution in [2.75, 3.05) is 6.61 Å². The van der Waals surface area contributed by atoms with E-state index in [-0.39, 0.29) is 27.7 Å². The van der Waals surface area contributed by atoms with Crippen LogP contribution < -0.4 is 9.47 Å². The Balaban J connectivity index is 2.36. The summed E-state index contributed by atoms with van der Waals surface area (Å²) in [4.78, 5) is 24.9. The van der Waals surface area contributed by atoms with E-state index in [1.54, 1.807) is 45.9 Å². The highest BCUT2D eigenvalue weighted by molar-refractivity contribution is 6.42. The molecular formula is C23H21Cl2NO4. The zero-order chi connectivity index (χ0) is 22.5. The maximum Gasteiger partial charge on any atom is 0.343 e. The van der Waals surface area contributed by atoms with Crippen molar-refractivity contribution >= 4 is 41.0 Å². The number of carbonyl (C=O) groups is 2. The number of ether oxygens (including phenoxy) is 2. The van der Waals surface area contributed by atoms with Crippen molar-refractivity contribution in [3.8, 4) is 17.6 Å². The van der Waals surface area contributed by atoms with E-state index in [0.29, 0.717) is 22.9 Å². The molecule has 5 nitrogen and oxygen atoms in total. The summed E-state index contributed by atoms with van der Waals surface area (Å²) in [6, 6.07) is 11.2. The molecule has 0 unspecified atom stereocenters. The van der Waals surface area contributed by atoms with E-state index in [4.69, 9.17) is 32.7 Å². The summed E-state index contributed by atoms with van der Waals surface area (Å²) >= 11 is 11.8. The zero-order valence-electron chi connectivity index (χ0n) is 17.1. The van der Waals surface area contributed by atoms with Crippen LogP contribution in [0, 0.1) is 16.7 Å². The molecule has 30 heavy (non-hydrogen) atoms. The maximum absolute atomic E-state index is 12.5. The molecule has 0 aliphatic heterocycles. The summed E-state index contributed by atoms with van der Waals surface area (Å²) in [6.07, 6.45) is 1.49. The molecule has 2 rings (SSSR count). The first-order valence-electron chi connectivity index (χ1n) is 9.17. The first kappa shape index (κ1) is 23.5. The molecule has 0 aromatic heterocycles. The first-order valence-corrected chi connectivity index (χ1v) is 9.93. The lowest BCUT2D eigenvalue weighted by Gasteiger charge is -2.16. The Morgan fingerprint density at radius 2 is 1.77 bits per heavy atom. The largest absolute Gasteiger partial charge is 0.490 e. The number of nitrogens with zero attached hydrogens (tertiary/aromatic N) is 1. The number of hydrogen-bond acceptors (Lipinski definition) is 5. The lowest BCUT2D eigenvalue weighted by atomic mass is 9.86. The van der Waals surface area contributed by atoms with Crippen LogP contribution in [-0.4, -0.2) is 18.4 Å². The van der Waals surface area contributed by atoms with Crippen molar-refractivity contribution in [1.82, 2.24) is 0 Å². The van der Waals surface area contributed by atoms with Crippen LogP contribution in [0.25, 0.3) is 6.08 Å². The fourth-order valence-corrected chi connectivity index (χ4v) is 2.77. The average Bonchev–Trinajstić information content (AvgIpc) is 2.68. The van der Waals surface area contributed by atoms with Gasteiger partial charge < -0.3 is 9.47 Å². The number of ketones is 1. The Morgan fingerprint density at radius 1 is 1.07 bits per heavy atom. The second-order valence-electron chi connectivity index (χ2n) is 7.41. The molecule has 0 saturated heterocycles. The van der Waals surface area contributed by atoms with Crippen LogP contribution in [0.1, 0.15) is 43.6 Å². The Morgan fingerprint density at radius 3 is 2.33 bits per heavy atom. The second-order valence-corrected chi connectivity index (χ2v) is 8.22. The lowest BCUT2D eigenvalue weighted by molar-refractivity contribution is -0.121. The van der Waals surface area contributed by atoms with E-state index >= 15 is 0 Å². The molecule has 7 heteroatoms. The number of allylic oxidation sites excluding steroid dienone is 1. The van der Waals surface area contributed by atoms with E-state index in [1.807, 2.05) is 6.07 Å². The molecule has 0 fully saturated rings. The first-order chi connectivity index (χ1) is 14.1. The molecule has 0 spiro atoms. The zero-order valence-corrected chi connectivity index (χ0v) is 18.6. The predicted molar refractivity (Wildman–Crippen MR) is 117 cm³/mol. The fraction of sp³-hybridized carbons (Fsp3) is 0.261. The van der Waals surface area contributed by atoms with Crippen molar-refractivity contribution in [2.24, 2.45) is 5.41 Å². The van der Waals surface area contributed by atoms with E-state index < -0.39 is 11.4 Å². The molecule has 0 aliphatic rings. The summed E-state index contributed by atoms with van der Waals surface area (Å²) in [6.45, 7) is 7.36. The Hall–Kier alpha value is -2.81. The van der Waals surface area contributed by atoms with Crippen molar-refractivity contribution in [3.63, 3.8) is 0 Å². The number of carbonyl (C=O) groups excluding carboxylic acids is 2. The highest BCUT2D eigenvalue weighted by atomic mass is 35.5. The Bertz CT molecular complexity index is 1050. The van der Waals surface area contributed by atoms with Crippen molar-refractivity contribution < 1.29 is 19.1 Å². The van der Waals surface area contributed by atoms with Gasteiger partial charge in [0, 0.05) is 5.41 Å². The Labute approximate surface area is 185 Å². The standard InChI is InChI=1S/C23H21Cl2NO4/c1-5-29-20-11-14(10-16(13-26)21(27)23(2,3)4)6-9-19(20)30-22(28)15-7-8-17(24)18(25)12-15/h6-12H,5H2,1-4H3/b16-10+. The summed E-state index contributed by atoms with van der Waals surface area (Å²) in [5, 5.41) is 9.95. The van der Waals surface area contributed by atoms with Crippen LogP contribution in [0.2, 0.25) is 10.0 Å². The molecule has 2 aromatic rings. The fourth-order valence-electron chi connectivity index (χ4n) is 2.47. The molecule has 0 amide bonds. The maximum atomic E-state index is 12.5. The van der Waals surface area contributed by atoms with E-state index in [0.717, 1.165) is 0 Å². The molecule has 0 N–H and O–H groups in total. The number of benzene rings is 2. The smallest absolute Gasteiger partial charge is 0.343 e. The van der Waals surface area contributed by atoms with Crippen LogP contribution in [0.3, 0.4) is 0 Å². The molecule has 0 aliphatic carbocycles. The van der Waals surface area contributed by atoms with Gasteiger partial charge in [-0.25, -0.2) is 4.79 Å². The lowest BCUT2D eigenvalue weighted by Crippen LogP contribution is -2.21. The summed E-state index contributed by atoms with van der Waals surface area (Å²) in [5.41, 5.74) is 0.158. The Kier molecular flexibility index (Phi) is 7.66. The van der Waals surface area contributed by atoms with E-state index in [2.05, 4.69) is 0 Å². The molecule has 2 aromatic carbocycles. The highest BCUT2D eigenvalue weighted by Gasteiger charge is 2.25.